The molecule has 3 rings (SSSR count). The molecule has 2 aromatic heterocycles. The summed E-state index contributed by atoms with van der Waals surface area (Å²) in [4.78, 5) is 16.9. The molecule has 0 saturated heterocycles. The lowest BCUT2D eigenvalue weighted by molar-refractivity contribution is 0.0952. The molecular weight excluding hydrogens is 348 g/mol. The SMILES string of the molecule is CC(C)c1c(C(=O)NCCc2ccccn2)cnn1-c1cccc(Cl)c1. The number of aromatic nitrogens is 3. The first-order valence-corrected chi connectivity index (χ1v) is 8.96. The van der Waals surface area contributed by atoms with Crippen molar-refractivity contribution in [3.8, 4) is 5.69 Å². The molecule has 134 valence electrons. The molecule has 5 nitrogen and oxygen atoms in total. The molecule has 0 aliphatic rings. The number of rotatable bonds is 6. The van der Waals surface area contributed by atoms with Crippen LogP contribution in [0, 0.1) is 0 Å². The number of nitrogens with zero attached hydrogens (tertiary/aromatic N) is 3. The van der Waals surface area contributed by atoms with Crippen LogP contribution in [-0.4, -0.2) is 27.2 Å². The predicted molar refractivity (Wildman–Crippen MR) is 103 cm³/mol. The van der Waals surface area contributed by atoms with Crippen LogP contribution in [0.2, 0.25) is 5.02 Å². The Morgan fingerprint density at radius 1 is 1.23 bits per heavy atom. The standard InChI is InChI=1S/C20H21ClN4O/c1-14(2)19-18(13-24-25(19)17-8-5-6-15(21)12-17)20(26)23-11-9-16-7-3-4-10-22-16/h3-8,10,12-14H,9,11H2,1-2H3,(H,23,26). The molecule has 0 fully saturated rings. The minimum absolute atomic E-state index is 0.127. The van der Waals surface area contributed by atoms with Crippen molar-refractivity contribution in [1.29, 1.82) is 0 Å². The zero-order valence-electron chi connectivity index (χ0n) is 14.8. The van der Waals surface area contributed by atoms with E-state index in [1.54, 1.807) is 17.1 Å². The number of nitrogens with one attached hydrogen (secondary N) is 1. The fourth-order valence-electron chi connectivity index (χ4n) is 2.85. The molecule has 6 heteroatoms. The van der Waals surface area contributed by atoms with Crippen LogP contribution in [0.25, 0.3) is 5.69 Å². The summed E-state index contributed by atoms with van der Waals surface area (Å²) < 4.78 is 1.78. The highest BCUT2D eigenvalue weighted by molar-refractivity contribution is 6.30. The van der Waals surface area contributed by atoms with Gasteiger partial charge in [0.1, 0.15) is 0 Å². The Hall–Kier alpha value is -2.66. The molecule has 0 atom stereocenters. The number of benzene rings is 1. The molecule has 1 aromatic carbocycles. The van der Waals surface area contributed by atoms with Gasteiger partial charge < -0.3 is 5.32 Å². The van der Waals surface area contributed by atoms with Gasteiger partial charge in [0, 0.05) is 29.9 Å². The summed E-state index contributed by atoms with van der Waals surface area (Å²) in [6, 6.07) is 13.2. The second-order valence-corrected chi connectivity index (χ2v) is 6.75. The van der Waals surface area contributed by atoms with Crippen molar-refractivity contribution in [1.82, 2.24) is 20.1 Å². The van der Waals surface area contributed by atoms with E-state index in [1.807, 2.05) is 56.3 Å². The number of pyridine rings is 1. The molecule has 0 saturated carbocycles. The van der Waals surface area contributed by atoms with Gasteiger partial charge in [-0.1, -0.05) is 37.6 Å². The fourth-order valence-corrected chi connectivity index (χ4v) is 3.03. The number of amides is 1. The van der Waals surface area contributed by atoms with E-state index in [0.717, 1.165) is 17.1 Å². The molecule has 0 spiro atoms. The lowest BCUT2D eigenvalue weighted by Crippen LogP contribution is -2.27. The van der Waals surface area contributed by atoms with Crippen LogP contribution in [0.5, 0.6) is 0 Å². The summed E-state index contributed by atoms with van der Waals surface area (Å²) in [5.74, 6) is 0.00549. The second-order valence-electron chi connectivity index (χ2n) is 6.32. The lowest BCUT2D eigenvalue weighted by Gasteiger charge is -2.13. The number of hydrogen-bond donors (Lipinski definition) is 1. The summed E-state index contributed by atoms with van der Waals surface area (Å²) in [6.45, 7) is 4.61. The van der Waals surface area contributed by atoms with Crippen LogP contribution in [0.4, 0.5) is 0 Å². The Bertz CT molecular complexity index is 890. The molecule has 0 radical (unpaired) electrons. The Kier molecular flexibility index (Phi) is 5.68. The molecule has 3 aromatic rings. The van der Waals surface area contributed by atoms with Crippen LogP contribution in [0.1, 0.15) is 41.5 Å². The topological polar surface area (TPSA) is 59.8 Å². The van der Waals surface area contributed by atoms with Crippen molar-refractivity contribution in [3.05, 3.63) is 76.8 Å². The third-order valence-electron chi connectivity index (χ3n) is 4.04. The van der Waals surface area contributed by atoms with E-state index >= 15 is 0 Å². The van der Waals surface area contributed by atoms with Crippen LogP contribution in [-0.2, 0) is 6.42 Å². The van der Waals surface area contributed by atoms with E-state index < -0.39 is 0 Å². The van der Waals surface area contributed by atoms with E-state index in [1.165, 1.54) is 0 Å². The third kappa shape index (κ3) is 4.11. The summed E-state index contributed by atoms with van der Waals surface area (Å²) in [5.41, 5.74) is 3.24. The Labute approximate surface area is 158 Å². The van der Waals surface area contributed by atoms with E-state index in [9.17, 15) is 4.79 Å². The van der Waals surface area contributed by atoms with Crippen LogP contribution in [0.3, 0.4) is 0 Å². The van der Waals surface area contributed by atoms with Gasteiger partial charge in [-0.2, -0.15) is 5.10 Å². The highest BCUT2D eigenvalue weighted by atomic mass is 35.5. The highest BCUT2D eigenvalue weighted by Crippen LogP contribution is 2.24. The van der Waals surface area contributed by atoms with Crippen molar-refractivity contribution >= 4 is 17.5 Å². The highest BCUT2D eigenvalue weighted by Gasteiger charge is 2.20. The van der Waals surface area contributed by atoms with Crippen molar-refractivity contribution in [2.75, 3.05) is 6.54 Å². The Morgan fingerprint density at radius 2 is 2.08 bits per heavy atom. The van der Waals surface area contributed by atoms with Gasteiger partial charge in [-0.3, -0.25) is 9.78 Å². The summed E-state index contributed by atoms with van der Waals surface area (Å²) in [6.07, 6.45) is 4.06. The second kappa shape index (κ2) is 8.15. The van der Waals surface area contributed by atoms with Crippen molar-refractivity contribution in [2.24, 2.45) is 0 Å². The minimum atomic E-state index is -0.127. The van der Waals surface area contributed by atoms with Crippen molar-refractivity contribution in [2.45, 2.75) is 26.2 Å². The van der Waals surface area contributed by atoms with Gasteiger partial charge in [-0.15, -0.1) is 0 Å². The first-order chi connectivity index (χ1) is 12.6. The number of carbonyl (C=O) groups is 1. The van der Waals surface area contributed by atoms with Gasteiger partial charge >= 0.3 is 0 Å². The number of hydrogen-bond acceptors (Lipinski definition) is 3. The van der Waals surface area contributed by atoms with Gasteiger partial charge in [0.15, 0.2) is 0 Å². The zero-order valence-corrected chi connectivity index (χ0v) is 15.6. The van der Waals surface area contributed by atoms with Gasteiger partial charge in [0.25, 0.3) is 5.91 Å². The van der Waals surface area contributed by atoms with Crippen molar-refractivity contribution < 1.29 is 4.79 Å². The number of carbonyl (C=O) groups excluding carboxylic acids is 1. The number of halogens is 1. The molecule has 26 heavy (non-hydrogen) atoms. The van der Waals surface area contributed by atoms with E-state index in [0.29, 0.717) is 23.6 Å². The fraction of sp³-hybridized carbons (Fsp3) is 0.250. The first kappa shape index (κ1) is 18.1. The third-order valence-corrected chi connectivity index (χ3v) is 4.28. The minimum Gasteiger partial charge on any atom is -0.352 e. The molecular formula is C20H21ClN4O. The largest absolute Gasteiger partial charge is 0.352 e. The van der Waals surface area contributed by atoms with Gasteiger partial charge in [-0.05, 0) is 36.2 Å². The van der Waals surface area contributed by atoms with Crippen LogP contribution < -0.4 is 5.32 Å². The zero-order chi connectivity index (χ0) is 18.5. The molecule has 0 bridgehead atoms. The molecule has 0 aliphatic carbocycles. The molecule has 2 heterocycles. The first-order valence-electron chi connectivity index (χ1n) is 8.58. The lowest BCUT2D eigenvalue weighted by atomic mass is 10.0. The average molecular weight is 369 g/mol. The summed E-state index contributed by atoms with van der Waals surface area (Å²) >= 11 is 6.10. The molecule has 0 aliphatic heterocycles. The maximum Gasteiger partial charge on any atom is 0.254 e. The average Bonchev–Trinajstić information content (AvgIpc) is 3.08. The van der Waals surface area contributed by atoms with E-state index in [2.05, 4.69) is 15.4 Å². The van der Waals surface area contributed by atoms with E-state index in [4.69, 9.17) is 11.6 Å². The maximum atomic E-state index is 12.7. The summed E-state index contributed by atoms with van der Waals surface area (Å²) in [7, 11) is 0. The van der Waals surface area contributed by atoms with Gasteiger partial charge in [-0.25, -0.2) is 4.68 Å². The van der Waals surface area contributed by atoms with Crippen molar-refractivity contribution in [3.63, 3.8) is 0 Å². The molecule has 1 N–H and O–H groups in total. The smallest absolute Gasteiger partial charge is 0.254 e. The predicted octanol–water partition coefficient (Wildman–Crippen LogP) is 4.02. The van der Waals surface area contributed by atoms with Gasteiger partial charge in [0.05, 0.1) is 23.1 Å². The Morgan fingerprint density at radius 3 is 2.77 bits per heavy atom. The van der Waals surface area contributed by atoms with Gasteiger partial charge in [0.2, 0.25) is 0 Å². The quantitative estimate of drug-likeness (QED) is 0.715. The van der Waals surface area contributed by atoms with Crippen LogP contribution in [0.15, 0.2) is 54.9 Å². The molecule has 1 amide bonds. The van der Waals surface area contributed by atoms with Crippen LogP contribution >= 0.6 is 11.6 Å². The summed E-state index contributed by atoms with van der Waals surface area (Å²) in [5, 5.41) is 8.01. The monoisotopic (exact) mass is 368 g/mol. The molecule has 0 unspecified atom stereocenters. The normalized spacial score (nSPS) is 10.9. The van der Waals surface area contributed by atoms with E-state index in [-0.39, 0.29) is 11.8 Å². The Balaban J connectivity index is 1.78. The maximum absolute atomic E-state index is 12.7.